The van der Waals surface area contributed by atoms with Crippen molar-refractivity contribution in [2.75, 3.05) is 12.3 Å². The van der Waals surface area contributed by atoms with E-state index in [2.05, 4.69) is 9.97 Å². The maximum atomic E-state index is 12.9. The quantitative estimate of drug-likeness (QED) is 0.903. The van der Waals surface area contributed by atoms with Gasteiger partial charge in [0, 0.05) is 31.2 Å². The van der Waals surface area contributed by atoms with Gasteiger partial charge in [-0.05, 0) is 24.6 Å². The number of halogens is 1. The molecule has 2 N–H and O–H groups in total. The third-order valence-electron chi connectivity index (χ3n) is 3.35. The van der Waals surface area contributed by atoms with Crippen LogP contribution in [-0.2, 0) is 10.0 Å². The zero-order valence-electron chi connectivity index (χ0n) is 12.3. The molecule has 0 aromatic carbocycles. The number of aromatic nitrogens is 2. The normalized spacial score (nSPS) is 13.3. The number of nitrogens with two attached hydrogens (primary N) is 1. The first-order valence-corrected chi connectivity index (χ1v) is 8.52. The molecule has 2 rings (SSSR count). The SMILES string of the molecule is CCN(C(C)c1cccnc1)S(=O)(=O)c1cc(Cl)cnc1N. The van der Waals surface area contributed by atoms with Crippen molar-refractivity contribution in [3.63, 3.8) is 0 Å². The van der Waals surface area contributed by atoms with Gasteiger partial charge in [0.1, 0.15) is 10.7 Å². The number of nitrogen functional groups attached to an aromatic ring is 1. The van der Waals surface area contributed by atoms with E-state index in [1.165, 1.54) is 16.6 Å². The molecule has 0 aliphatic rings. The van der Waals surface area contributed by atoms with Gasteiger partial charge in [-0.2, -0.15) is 4.31 Å². The fraction of sp³-hybridized carbons (Fsp3) is 0.286. The van der Waals surface area contributed by atoms with Crippen molar-refractivity contribution in [3.05, 3.63) is 47.4 Å². The van der Waals surface area contributed by atoms with Crippen LogP contribution in [0.2, 0.25) is 5.02 Å². The van der Waals surface area contributed by atoms with Crippen LogP contribution in [-0.4, -0.2) is 29.2 Å². The summed E-state index contributed by atoms with van der Waals surface area (Å²) in [5.41, 5.74) is 6.51. The van der Waals surface area contributed by atoms with Gasteiger partial charge in [0.25, 0.3) is 0 Å². The maximum Gasteiger partial charge on any atom is 0.247 e. The highest BCUT2D eigenvalue weighted by Crippen LogP contribution is 2.30. The molecule has 8 heteroatoms. The fourth-order valence-electron chi connectivity index (χ4n) is 2.21. The molecule has 0 fully saturated rings. The summed E-state index contributed by atoms with van der Waals surface area (Å²) in [4.78, 5) is 7.77. The average Bonchev–Trinajstić information content (AvgIpc) is 2.50. The predicted molar refractivity (Wildman–Crippen MR) is 85.9 cm³/mol. The Balaban J connectivity index is 2.47. The van der Waals surface area contributed by atoms with Crippen molar-refractivity contribution in [3.8, 4) is 0 Å². The minimum absolute atomic E-state index is 0.0683. The minimum Gasteiger partial charge on any atom is -0.383 e. The Kier molecular flexibility index (Phi) is 5.00. The molecule has 0 amide bonds. The van der Waals surface area contributed by atoms with Crippen LogP contribution in [0, 0.1) is 0 Å². The molecule has 0 spiro atoms. The summed E-state index contributed by atoms with van der Waals surface area (Å²) in [6.07, 6.45) is 4.60. The molecule has 118 valence electrons. The second-order valence-electron chi connectivity index (χ2n) is 4.71. The monoisotopic (exact) mass is 340 g/mol. The standard InChI is InChI=1S/C14H17ClN4O2S/c1-3-19(10(2)11-5-4-6-17-8-11)22(20,21)13-7-12(15)9-18-14(13)16/h4-10H,3H2,1-2H3,(H2,16,18). The van der Waals surface area contributed by atoms with Crippen LogP contribution < -0.4 is 5.73 Å². The van der Waals surface area contributed by atoms with Crippen LogP contribution in [0.5, 0.6) is 0 Å². The Morgan fingerprint density at radius 3 is 2.73 bits per heavy atom. The van der Waals surface area contributed by atoms with Gasteiger partial charge in [0.15, 0.2) is 0 Å². The summed E-state index contributed by atoms with van der Waals surface area (Å²) in [7, 11) is -3.82. The lowest BCUT2D eigenvalue weighted by molar-refractivity contribution is 0.356. The molecule has 1 atom stereocenters. The van der Waals surface area contributed by atoms with E-state index in [4.69, 9.17) is 17.3 Å². The topological polar surface area (TPSA) is 89.2 Å². The Morgan fingerprint density at radius 2 is 2.14 bits per heavy atom. The Labute approximate surface area is 135 Å². The van der Waals surface area contributed by atoms with Gasteiger partial charge in [-0.1, -0.05) is 24.6 Å². The first-order valence-electron chi connectivity index (χ1n) is 6.70. The van der Waals surface area contributed by atoms with Crippen molar-refractivity contribution in [2.24, 2.45) is 0 Å². The lowest BCUT2D eigenvalue weighted by atomic mass is 10.1. The van der Waals surface area contributed by atoms with E-state index in [9.17, 15) is 8.42 Å². The second kappa shape index (κ2) is 6.60. The molecule has 22 heavy (non-hydrogen) atoms. The summed E-state index contributed by atoms with van der Waals surface area (Å²) >= 11 is 5.86. The van der Waals surface area contributed by atoms with Gasteiger partial charge in [-0.25, -0.2) is 13.4 Å². The number of hydrogen-bond donors (Lipinski definition) is 1. The van der Waals surface area contributed by atoms with E-state index in [0.717, 1.165) is 5.56 Å². The van der Waals surface area contributed by atoms with Crippen LogP contribution in [0.25, 0.3) is 0 Å². The van der Waals surface area contributed by atoms with Crippen molar-refractivity contribution >= 4 is 27.4 Å². The Bertz CT molecular complexity index is 753. The molecule has 0 saturated heterocycles. The van der Waals surface area contributed by atoms with Gasteiger partial charge in [-0.3, -0.25) is 4.98 Å². The Morgan fingerprint density at radius 1 is 1.41 bits per heavy atom. The molecular weight excluding hydrogens is 324 g/mol. The Hall–Kier alpha value is -1.70. The molecule has 0 saturated carbocycles. The van der Waals surface area contributed by atoms with E-state index in [-0.39, 0.29) is 28.3 Å². The smallest absolute Gasteiger partial charge is 0.247 e. The van der Waals surface area contributed by atoms with Crippen molar-refractivity contribution < 1.29 is 8.42 Å². The number of nitrogens with zero attached hydrogens (tertiary/aromatic N) is 3. The lowest BCUT2D eigenvalue weighted by Gasteiger charge is -2.27. The van der Waals surface area contributed by atoms with Crippen molar-refractivity contribution in [2.45, 2.75) is 24.8 Å². The highest BCUT2D eigenvalue weighted by Gasteiger charge is 2.31. The molecule has 0 bridgehead atoms. The molecule has 0 radical (unpaired) electrons. The number of hydrogen-bond acceptors (Lipinski definition) is 5. The maximum absolute atomic E-state index is 12.9. The summed E-state index contributed by atoms with van der Waals surface area (Å²) in [6.45, 7) is 3.84. The molecule has 1 unspecified atom stereocenters. The summed E-state index contributed by atoms with van der Waals surface area (Å²) < 4.78 is 27.1. The molecule has 0 aliphatic carbocycles. The van der Waals surface area contributed by atoms with Gasteiger partial charge in [0.2, 0.25) is 10.0 Å². The zero-order chi connectivity index (χ0) is 16.3. The number of rotatable bonds is 5. The van der Waals surface area contributed by atoms with Gasteiger partial charge in [-0.15, -0.1) is 0 Å². The van der Waals surface area contributed by atoms with Crippen LogP contribution in [0.1, 0.15) is 25.5 Å². The number of pyridine rings is 2. The highest BCUT2D eigenvalue weighted by atomic mass is 35.5. The summed E-state index contributed by atoms with van der Waals surface area (Å²) in [5.74, 6) is -0.0683. The van der Waals surface area contributed by atoms with E-state index < -0.39 is 10.0 Å². The molecule has 2 aromatic rings. The third kappa shape index (κ3) is 3.21. The zero-order valence-corrected chi connectivity index (χ0v) is 13.8. The summed E-state index contributed by atoms with van der Waals surface area (Å²) in [5, 5.41) is 0.220. The summed E-state index contributed by atoms with van der Waals surface area (Å²) in [6, 6.07) is 4.52. The predicted octanol–water partition coefficient (Wildman–Crippen LogP) is 2.48. The molecular formula is C14H17ClN4O2S. The van der Waals surface area contributed by atoms with Crippen molar-refractivity contribution in [1.82, 2.24) is 14.3 Å². The van der Waals surface area contributed by atoms with E-state index in [0.29, 0.717) is 0 Å². The number of sulfonamides is 1. The first kappa shape index (κ1) is 16.7. The highest BCUT2D eigenvalue weighted by molar-refractivity contribution is 7.89. The van der Waals surface area contributed by atoms with E-state index >= 15 is 0 Å². The van der Waals surface area contributed by atoms with Crippen LogP contribution >= 0.6 is 11.6 Å². The van der Waals surface area contributed by atoms with Gasteiger partial charge >= 0.3 is 0 Å². The van der Waals surface area contributed by atoms with Crippen LogP contribution in [0.3, 0.4) is 0 Å². The fourth-order valence-corrected chi connectivity index (χ4v) is 4.15. The number of anilines is 1. The van der Waals surface area contributed by atoms with Crippen molar-refractivity contribution in [1.29, 1.82) is 0 Å². The minimum atomic E-state index is -3.82. The molecule has 2 heterocycles. The second-order valence-corrected chi connectivity index (χ2v) is 7.00. The van der Waals surface area contributed by atoms with Gasteiger partial charge < -0.3 is 5.73 Å². The first-order chi connectivity index (χ1) is 10.4. The largest absolute Gasteiger partial charge is 0.383 e. The molecule has 2 aromatic heterocycles. The van der Waals surface area contributed by atoms with E-state index in [1.54, 1.807) is 32.3 Å². The van der Waals surface area contributed by atoms with Crippen LogP contribution in [0.4, 0.5) is 5.82 Å². The third-order valence-corrected chi connectivity index (χ3v) is 5.63. The van der Waals surface area contributed by atoms with Gasteiger partial charge in [0.05, 0.1) is 5.02 Å². The average molecular weight is 341 g/mol. The van der Waals surface area contributed by atoms with E-state index in [1.807, 2.05) is 6.07 Å². The molecule has 0 aliphatic heterocycles. The molecule has 6 nitrogen and oxygen atoms in total. The lowest BCUT2D eigenvalue weighted by Crippen LogP contribution is -2.34. The van der Waals surface area contributed by atoms with Crippen LogP contribution in [0.15, 0.2) is 41.7 Å².